The summed E-state index contributed by atoms with van der Waals surface area (Å²) in [5.41, 5.74) is 0.395. The van der Waals surface area contributed by atoms with Crippen molar-refractivity contribution in [3.63, 3.8) is 0 Å². The van der Waals surface area contributed by atoms with Crippen LogP contribution in [0.3, 0.4) is 0 Å². The summed E-state index contributed by atoms with van der Waals surface area (Å²) in [6.45, 7) is 14.6. The lowest BCUT2D eigenvalue weighted by molar-refractivity contribution is -0.144. The van der Waals surface area contributed by atoms with E-state index >= 15 is 0 Å². The molecule has 8 nitrogen and oxygen atoms in total. The van der Waals surface area contributed by atoms with Gasteiger partial charge in [-0.1, -0.05) is 6.92 Å². The number of aromatic nitrogens is 1. The van der Waals surface area contributed by atoms with Crippen molar-refractivity contribution in [3.8, 4) is 5.88 Å². The highest BCUT2D eigenvalue weighted by molar-refractivity contribution is 5.83. The Hall–Kier alpha value is -2.51. The number of methoxy groups -OCH3 is 1. The number of nitrogens with zero attached hydrogens (tertiary/aromatic N) is 2. The van der Waals surface area contributed by atoms with Crippen LogP contribution in [0.1, 0.15) is 73.3 Å². The molecule has 0 bridgehead atoms. The van der Waals surface area contributed by atoms with Crippen molar-refractivity contribution in [1.29, 1.82) is 0 Å². The molecule has 1 N–H and O–H groups in total. The van der Waals surface area contributed by atoms with Crippen LogP contribution in [0, 0.1) is 5.92 Å². The van der Waals surface area contributed by atoms with E-state index in [-0.39, 0.29) is 18.1 Å². The Morgan fingerprint density at radius 3 is 2.52 bits per heavy atom. The van der Waals surface area contributed by atoms with Crippen molar-refractivity contribution in [3.05, 3.63) is 17.8 Å². The molecule has 0 spiro atoms. The number of amides is 1. The molecule has 1 aliphatic heterocycles. The predicted molar refractivity (Wildman–Crippen MR) is 129 cm³/mol. The Bertz CT molecular complexity index is 819. The number of carbonyl (C=O) groups is 2. The van der Waals surface area contributed by atoms with Crippen LogP contribution in [0.25, 0.3) is 0 Å². The SMILES string of the molecule is CCc1cc(NC(C)(C)C(=O)OC)cnc1OCC[C@H]1CCN(C(=O)OC(C)(C)C)[C@@H](C)C1. The van der Waals surface area contributed by atoms with Gasteiger partial charge in [-0.15, -0.1) is 0 Å². The highest BCUT2D eigenvalue weighted by atomic mass is 16.6. The molecule has 2 rings (SSSR count). The monoisotopic (exact) mass is 463 g/mol. The number of rotatable bonds is 8. The number of esters is 1. The molecular formula is C25H41N3O5. The summed E-state index contributed by atoms with van der Waals surface area (Å²) in [6.07, 6.45) is 4.99. The molecule has 1 amide bonds. The smallest absolute Gasteiger partial charge is 0.410 e. The number of hydrogen-bond donors (Lipinski definition) is 1. The second-order valence-electron chi connectivity index (χ2n) is 10.3. The van der Waals surface area contributed by atoms with Crippen molar-refractivity contribution >= 4 is 17.7 Å². The molecule has 1 fully saturated rings. The third-order valence-corrected chi connectivity index (χ3v) is 5.84. The van der Waals surface area contributed by atoms with Gasteiger partial charge in [0.05, 0.1) is 25.6 Å². The van der Waals surface area contributed by atoms with E-state index in [1.807, 2.05) is 38.7 Å². The molecule has 0 saturated carbocycles. The minimum atomic E-state index is -0.853. The summed E-state index contributed by atoms with van der Waals surface area (Å²) in [5, 5.41) is 3.18. The Morgan fingerprint density at radius 1 is 1.24 bits per heavy atom. The largest absolute Gasteiger partial charge is 0.477 e. The zero-order valence-corrected chi connectivity index (χ0v) is 21.5. The number of likely N-dealkylation sites (tertiary alicyclic amines) is 1. The van der Waals surface area contributed by atoms with Crippen LogP contribution < -0.4 is 10.1 Å². The molecule has 1 saturated heterocycles. The Morgan fingerprint density at radius 2 is 1.94 bits per heavy atom. The third-order valence-electron chi connectivity index (χ3n) is 5.84. The maximum absolute atomic E-state index is 12.4. The van der Waals surface area contributed by atoms with E-state index in [1.54, 1.807) is 20.0 Å². The maximum atomic E-state index is 12.4. The van der Waals surface area contributed by atoms with Crippen molar-refractivity contribution in [2.75, 3.05) is 25.6 Å². The van der Waals surface area contributed by atoms with Crippen molar-refractivity contribution < 1.29 is 23.8 Å². The van der Waals surface area contributed by atoms with Gasteiger partial charge < -0.3 is 24.4 Å². The van der Waals surface area contributed by atoms with Gasteiger partial charge in [-0.3, -0.25) is 0 Å². The predicted octanol–water partition coefficient (Wildman–Crippen LogP) is 4.81. The van der Waals surface area contributed by atoms with Crippen LogP contribution in [0.15, 0.2) is 12.3 Å². The van der Waals surface area contributed by atoms with Gasteiger partial charge in [0.2, 0.25) is 5.88 Å². The molecule has 33 heavy (non-hydrogen) atoms. The minimum absolute atomic E-state index is 0.145. The number of carbonyl (C=O) groups excluding carboxylic acids is 2. The van der Waals surface area contributed by atoms with Crippen LogP contribution in [0.4, 0.5) is 10.5 Å². The number of ether oxygens (including phenoxy) is 3. The topological polar surface area (TPSA) is 90.0 Å². The number of hydrogen-bond acceptors (Lipinski definition) is 7. The molecule has 2 atom stereocenters. The first kappa shape index (κ1) is 26.7. The van der Waals surface area contributed by atoms with E-state index < -0.39 is 11.1 Å². The molecule has 186 valence electrons. The average molecular weight is 464 g/mol. The van der Waals surface area contributed by atoms with E-state index in [2.05, 4.69) is 17.2 Å². The Labute approximate surface area is 198 Å². The van der Waals surface area contributed by atoms with Gasteiger partial charge in [-0.05, 0) is 79.2 Å². The van der Waals surface area contributed by atoms with E-state index in [0.717, 1.165) is 36.9 Å². The van der Waals surface area contributed by atoms with Crippen molar-refractivity contribution in [2.24, 2.45) is 5.92 Å². The summed E-state index contributed by atoms with van der Waals surface area (Å²) < 4.78 is 16.4. The van der Waals surface area contributed by atoms with Crippen molar-refractivity contribution in [1.82, 2.24) is 9.88 Å². The molecule has 1 aromatic rings. The van der Waals surface area contributed by atoms with Gasteiger partial charge in [-0.2, -0.15) is 0 Å². The fraction of sp³-hybridized carbons (Fsp3) is 0.720. The number of piperidine rings is 1. The van der Waals surface area contributed by atoms with E-state index in [4.69, 9.17) is 14.2 Å². The first-order valence-corrected chi connectivity index (χ1v) is 11.8. The highest BCUT2D eigenvalue weighted by Crippen LogP contribution is 2.28. The van der Waals surface area contributed by atoms with Gasteiger partial charge in [0, 0.05) is 18.2 Å². The Kier molecular flexibility index (Phi) is 8.97. The number of anilines is 1. The van der Waals surface area contributed by atoms with Crippen LogP contribution in [0.2, 0.25) is 0 Å². The average Bonchev–Trinajstić information content (AvgIpc) is 2.72. The maximum Gasteiger partial charge on any atom is 0.410 e. The first-order valence-electron chi connectivity index (χ1n) is 11.8. The summed E-state index contributed by atoms with van der Waals surface area (Å²) in [4.78, 5) is 30.7. The molecular weight excluding hydrogens is 422 g/mol. The van der Waals surface area contributed by atoms with E-state index in [1.165, 1.54) is 7.11 Å². The summed E-state index contributed by atoms with van der Waals surface area (Å²) in [5.74, 6) is 0.775. The quantitative estimate of drug-likeness (QED) is 0.553. The summed E-state index contributed by atoms with van der Waals surface area (Å²) in [7, 11) is 1.38. The number of aryl methyl sites for hydroxylation is 1. The molecule has 0 aliphatic carbocycles. The summed E-state index contributed by atoms with van der Waals surface area (Å²) >= 11 is 0. The van der Waals surface area contributed by atoms with Gasteiger partial charge in [-0.25, -0.2) is 14.6 Å². The zero-order valence-electron chi connectivity index (χ0n) is 21.5. The third kappa shape index (κ3) is 7.79. The molecule has 0 aromatic carbocycles. The van der Waals surface area contributed by atoms with E-state index in [0.29, 0.717) is 24.9 Å². The Balaban J connectivity index is 1.88. The molecule has 1 aromatic heterocycles. The molecule has 8 heteroatoms. The molecule has 1 aliphatic rings. The lowest BCUT2D eigenvalue weighted by Gasteiger charge is -2.38. The summed E-state index contributed by atoms with van der Waals surface area (Å²) in [6, 6.07) is 2.11. The fourth-order valence-electron chi connectivity index (χ4n) is 4.06. The van der Waals surface area contributed by atoms with Gasteiger partial charge >= 0.3 is 12.1 Å². The standard InChI is InChI=1S/C25H41N3O5/c1-9-19-15-20(27-25(6,7)22(29)31-8)16-26-21(19)32-13-11-18-10-12-28(17(2)14-18)23(30)33-24(3,4)5/h15-18,27H,9-14H2,1-8H3/t17-,18+/m0/s1. The van der Waals surface area contributed by atoms with Gasteiger partial charge in [0.1, 0.15) is 11.1 Å². The van der Waals surface area contributed by atoms with Crippen LogP contribution in [0.5, 0.6) is 5.88 Å². The first-order chi connectivity index (χ1) is 15.4. The number of pyridine rings is 1. The zero-order chi connectivity index (χ0) is 24.8. The van der Waals surface area contributed by atoms with Gasteiger partial charge in [0.15, 0.2) is 0 Å². The van der Waals surface area contributed by atoms with E-state index in [9.17, 15) is 9.59 Å². The van der Waals surface area contributed by atoms with Crippen LogP contribution in [-0.2, 0) is 20.7 Å². The van der Waals surface area contributed by atoms with Crippen LogP contribution in [-0.4, -0.2) is 59.4 Å². The second kappa shape index (κ2) is 11.1. The fourth-order valence-corrected chi connectivity index (χ4v) is 4.06. The minimum Gasteiger partial charge on any atom is -0.477 e. The lowest BCUT2D eigenvalue weighted by atomic mass is 9.89. The van der Waals surface area contributed by atoms with Gasteiger partial charge in [0.25, 0.3) is 0 Å². The second-order valence-corrected chi connectivity index (χ2v) is 10.3. The lowest BCUT2D eigenvalue weighted by Crippen LogP contribution is -2.46. The van der Waals surface area contributed by atoms with Crippen LogP contribution >= 0.6 is 0 Å². The normalized spacial score (nSPS) is 19.1. The molecule has 2 heterocycles. The highest BCUT2D eigenvalue weighted by Gasteiger charge is 2.32. The number of nitrogens with one attached hydrogen (secondary N) is 1. The van der Waals surface area contributed by atoms with Crippen molar-refractivity contribution in [2.45, 2.75) is 91.3 Å². The molecule has 0 unspecified atom stereocenters. The molecule has 0 radical (unpaired) electrons.